The second-order valence-electron chi connectivity index (χ2n) is 2.43. The van der Waals surface area contributed by atoms with Crippen molar-refractivity contribution in [3.8, 4) is 0 Å². The van der Waals surface area contributed by atoms with Crippen LogP contribution in [0.25, 0.3) is 0 Å². The monoisotopic (exact) mass is 142 g/mol. The Morgan fingerprint density at radius 2 is 1.75 bits per heavy atom. The summed E-state index contributed by atoms with van der Waals surface area (Å²) >= 11 is 0. The van der Waals surface area contributed by atoms with Crippen LogP contribution in [0.3, 0.4) is 0 Å². The van der Waals surface area contributed by atoms with Gasteiger partial charge in [-0.2, -0.15) is 7.77 Å². The highest BCUT2D eigenvalue weighted by molar-refractivity contribution is 8.24. The highest BCUT2D eigenvalue weighted by Crippen LogP contribution is 2.48. The molecule has 0 aromatic carbocycles. The highest BCUT2D eigenvalue weighted by Gasteiger charge is 2.15. The van der Waals surface area contributed by atoms with Crippen molar-refractivity contribution in [3.63, 3.8) is 0 Å². The van der Waals surface area contributed by atoms with Crippen molar-refractivity contribution in [1.82, 2.24) is 0 Å². The summed E-state index contributed by atoms with van der Waals surface area (Å²) in [6, 6.07) is 0. The van der Waals surface area contributed by atoms with E-state index in [9.17, 15) is 7.77 Å². The van der Waals surface area contributed by atoms with E-state index in [0.29, 0.717) is 0 Å². The number of hydrogen-bond acceptors (Lipinski definition) is 0. The molecular weight excluding hydrogens is 130 g/mol. The molecule has 0 heterocycles. The normalized spacial score (nSPS) is 14.8. The van der Waals surface area contributed by atoms with Crippen molar-refractivity contribution in [1.29, 1.82) is 0 Å². The maximum absolute atomic E-state index is 12.1. The van der Waals surface area contributed by atoms with Crippen molar-refractivity contribution >= 4 is 10.8 Å². The van der Waals surface area contributed by atoms with Crippen LogP contribution in [0.5, 0.6) is 0 Å². The molecular formula is C5H12F2S. The van der Waals surface area contributed by atoms with Gasteiger partial charge in [-0.25, -0.2) is 0 Å². The Hall–Kier alpha value is 0.210. The lowest BCUT2D eigenvalue weighted by atomic mass is 10.3. The minimum Gasteiger partial charge on any atom is -0.158 e. The topological polar surface area (TPSA) is 0 Å². The largest absolute Gasteiger partial charge is 0.158 e. The van der Waals surface area contributed by atoms with Gasteiger partial charge in [0.2, 0.25) is 0 Å². The Morgan fingerprint density at radius 3 is 1.75 bits per heavy atom. The van der Waals surface area contributed by atoms with Gasteiger partial charge < -0.3 is 0 Å². The molecule has 8 heavy (non-hydrogen) atoms. The molecule has 0 radical (unpaired) electrons. The van der Waals surface area contributed by atoms with Gasteiger partial charge in [-0.1, -0.05) is 13.8 Å². The number of halogens is 2. The van der Waals surface area contributed by atoms with Crippen LogP contribution in [0.4, 0.5) is 7.77 Å². The van der Waals surface area contributed by atoms with E-state index in [1.807, 2.05) is 13.8 Å². The second kappa shape index (κ2) is 2.67. The zero-order chi connectivity index (χ0) is 6.78. The molecule has 0 aliphatic heterocycles. The first-order valence-corrected chi connectivity index (χ1v) is 4.58. The summed E-state index contributed by atoms with van der Waals surface area (Å²) in [5, 5.41) is 0. The van der Waals surface area contributed by atoms with E-state index < -0.39 is 10.8 Å². The molecule has 0 nitrogen and oxygen atoms in total. The standard InChI is InChI=1S/C5H12F2S/c1-5(2)4-8(3,6)7/h5H,4H2,1-3H3. The van der Waals surface area contributed by atoms with E-state index in [-0.39, 0.29) is 11.7 Å². The molecule has 0 unspecified atom stereocenters. The quantitative estimate of drug-likeness (QED) is 0.556. The van der Waals surface area contributed by atoms with E-state index in [1.165, 1.54) is 0 Å². The van der Waals surface area contributed by atoms with Crippen LogP contribution >= 0.6 is 10.8 Å². The number of hydrogen-bond donors (Lipinski definition) is 0. The lowest BCUT2D eigenvalue weighted by Crippen LogP contribution is -1.98. The molecule has 0 atom stereocenters. The molecule has 0 aliphatic carbocycles. The van der Waals surface area contributed by atoms with Crippen LogP contribution in [0.1, 0.15) is 13.8 Å². The Morgan fingerprint density at radius 1 is 1.38 bits per heavy atom. The summed E-state index contributed by atoms with van der Waals surface area (Å²) < 4.78 is 24.1. The summed E-state index contributed by atoms with van der Waals surface area (Å²) in [5.74, 6) is 0.206. The van der Waals surface area contributed by atoms with Gasteiger partial charge in [-0.05, 0) is 5.92 Å². The van der Waals surface area contributed by atoms with Gasteiger partial charge in [0.25, 0.3) is 0 Å². The molecule has 0 bridgehead atoms. The number of rotatable bonds is 2. The van der Waals surface area contributed by atoms with Crippen molar-refractivity contribution in [2.45, 2.75) is 13.8 Å². The summed E-state index contributed by atoms with van der Waals surface area (Å²) in [4.78, 5) is 0. The Bertz CT molecular complexity index is 65.3. The van der Waals surface area contributed by atoms with E-state index in [0.717, 1.165) is 6.26 Å². The van der Waals surface area contributed by atoms with E-state index >= 15 is 0 Å². The van der Waals surface area contributed by atoms with E-state index in [2.05, 4.69) is 0 Å². The van der Waals surface area contributed by atoms with Gasteiger partial charge in [0.15, 0.2) is 0 Å². The summed E-state index contributed by atoms with van der Waals surface area (Å²) in [6.45, 7) is 3.62. The predicted molar refractivity (Wildman–Crippen MR) is 35.4 cm³/mol. The lowest BCUT2D eigenvalue weighted by Gasteiger charge is -2.15. The fourth-order valence-electron chi connectivity index (χ4n) is 0.585. The molecule has 3 heteroatoms. The second-order valence-corrected chi connectivity index (χ2v) is 4.52. The van der Waals surface area contributed by atoms with Crippen molar-refractivity contribution in [2.75, 3.05) is 12.0 Å². The molecule has 52 valence electrons. The molecule has 0 amide bonds. The zero-order valence-electron chi connectivity index (χ0n) is 5.45. The Kier molecular flexibility index (Phi) is 2.74. The highest BCUT2D eigenvalue weighted by atomic mass is 32.3. The minimum atomic E-state index is -3.22. The van der Waals surface area contributed by atoms with Gasteiger partial charge in [-0.3, -0.25) is 0 Å². The van der Waals surface area contributed by atoms with Gasteiger partial charge in [0.1, 0.15) is 0 Å². The summed E-state index contributed by atoms with van der Waals surface area (Å²) in [5.41, 5.74) is 0. The van der Waals surface area contributed by atoms with E-state index in [4.69, 9.17) is 0 Å². The molecule has 0 fully saturated rings. The van der Waals surface area contributed by atoms with E-state index in [1.54, 1.807) is 0 Å². The van der Waals surface area contributed by atoms with Gasteiger partial charge >= 0.3 is 0 Å². The van der Waals surface area contributed by atoms with Crippen LogP contribution in [-0.4, -0.2) is 12.0 Å². The smallest absolute Gasteiger partial charge is 0.0547 e. The van der Waals surface area contributed by atoms with Crippen LogP contribution in [0.2, 0.25) is 0 Å². The fourth-order valence-corrected chi connectivity index (χ4v) is 1.76. The first-order chi connectivity index (χ1) is 3.42. The van der Waals surface area contributed by atoms with Gasteiger partial charge in [0.05, 0.1) is 10.8 Å². The van der Waals surface area contributed by atoms with Crippen molar-refractivity contribution in [3.05, 3.63) is 0 Å². The Balaban J connectivity index is 3.39. The van der Waals surface area contributed by atoms with Crippen LogP contribution < -0.4 is 0 Å². The maximum Gasteiger partial charge on any atom is 0.0547 e. The van der Waals surface area contributed by atoms with Crippen molar-refractivity contribution < 1.29 is 7.77 Å². The molecule has 0 spiro atoms. The maximum atomic E-state index is 12.1. The summed E-state index contributed by atoms with van der Waals surface area (Å²) in [7, 11) is -3.22. The van der Waals surface area contributed by atoms with Crippen LogP contribution in [-0.2, 0) is 0 Å². The van der Waals surface area contributed by atoms with Gasteiger partial charge in [-0.15, -0.1) is 0 Å². The average molecular weight is 142 g/mol. The average Bonchev–Trinajstić information content (AvgIpc) is 1.21. The SMILES string of the molecule is CC(C)CS(C)(F)F. The third-order valence-electron chi connectivity index (χ3n) is 0.626. The third kappa shape index (κ3) is 6.21. The van der Waals surface area contributed by atoms with Gasteiger partial charge in [0, 0.05) is 12.0 Å². The van der Waals surface area contributed by atoms with Crippen LogP contribution in [0, 0.1) is 5.92 Å². The predicted octanol–water partition coefficient (Wildman–Crippen LogP) is 2.85. The minimum absolute atomic E-state index is 0.0764. The third-order valence-corrected chi connectivity index (χ3v) is 1.88. The Labute approximate surface area is 51.2 Å². The first-order valence-electron chi connectivity index (χ1n) is 2.57. The lowest BCUT2D eigenvalue weighted by molar-refractivity contribution is 0.679. The first kappa shape index (κ1) is 8.21. The molecule has 0 saturated carbocycles. The molecule has 0 saturated heterocycles. The molecule has 0 rings (SSSR count). The molecule has 0 aromatic rings. The zero-order valence-corrected chi connectivity index (χ0v) is 6.27. The molecule has 0 aliphatic rings. The van der Waals surface area contributed by atoms with Crippen molar-refractivity contribution in [2.24, 2.45) is 5.92 Å². The molecule has 0 aromatic heterocycles. The molecule has 0 N–H and O–H groups in total. The van der Waals surface area contributed by atoms with Crippen LogP contribution in [0.15, 0.2) is 0 Å². The summed E-state index contributed by atoms with van der Waals surface area (Å²) in [6.07, 6.45) is 1.03. The fraction of sp³-hybridized carbons (Fsp3) is 1.00.